The highest BCUT2D eigenvalue weighted by Gasteiger charge is 2.04. The van der Waals surface area contributed by atoms with Crippen molar-refractivity contribution in [1.29, 1.82) is 0 Å². The number of aromatic nitrogens is 1. The van der Waals surface area contributed by atoms with Crippen molar-refractivity contribution >= 4 is 0 Å². The molecule has 1 heterocycles. The van der Waals surface area contributed by atoms with E-state index in [1.165, 1.54) is 87.6 Å². The number of rotatable bonds is 15. The van der Waals surface area contributed by atoms with E-state index in [9.17, 15) is 0 Å². The highest BCUT2D eigenvalue weighted by molar-refractivity contribution is 5.22. The molecule has 1 aromatic rings. The Bertz CT molecular complexity index is 378. The summed E-state index contributed by atoms with van der Waals surface area (Å²) in [7, 11) is 0. The minimum absolute atomic E-state index is 1.03. The van der Waals surface area contributed by atoms with Gasteiger partial charge in [0.2, 0.25) is 0 Å². The number of hydrogen-bond donors (Lipinski definition) is 0. The van der Waals surface area contributed by atoms with E-state index in [2.05, 4.69) is 32.9 Å². The molecule has 0 saturated heterocycles. The molecule has 0 aliphatic rings. The maximum Gasteiger partial charge on any atom is 0.0409 e. The van der Waals surface area contributed by atoms with Gasteiger partial charge in [0.1, 0.15) is 0 Å². The maximum absolute atomic E-state index is 4.96. The third-order valence-electron chi connectivity index (χ3n) is 4.78. The van der Waals surface area contributed by atoms with Crippen LogP contribution < -0.4 is 0 Å². The van der Waals surface area contributed by atoms with Gasteiger partial charge in [-0.3, -0.25) is 4.98 Å². The molecule has 137 valence electrons. The largest absolute Gasteiger partial charge is 0.258 e. The van der Waals surface area contributed by atoms with Crippen LogP contribution in [0.3, 0.4) is 0 Å². The van der Waals surface area contributed by atoms with Gasteiger partial charge in [0.25, 0.3) is 0 Å². The topological polar surface area (TPSA) is 12.9 Å². The van der Waals surface area contributed by atoms with Gasteiger partial charge in [0, 0.05) is 11.4 Å². The van der Waals surface area contributed by atoms with E-state index < -0.39 is 0 Å². The summed E-state index contributed by atoms with van der Waals surface area (Å²) in [5.74, 6) is 0. The first-order chi connectivity index (χ1) is 11.8. The predicted molar refractivity (Wildman–Crippen MR) is 107 cm³/mol. The van der Waals surface area contributed by atoms with Crippen LogP contribution in [-0.2, 0) is 19.3 Å². The lowest BCUT2D eigenvalue weighted by molar-refractivity contribution is 0.618. The molecule has 0 saturated carbocycles. The highest BCUT2D eigenvalue weighted by atomic mass is 14.7. The summed E-state index contributed by atoms with van der Waals surface area (Å²) < 4.78 is 0. The summed E-state index contributed by atoms with van der Waals surface area (Å²) in [6.45, 7) is 8.54. The molecule has 0 unspecified atom stereocenters. The molecular weight excluding hydrogens is 290 g/mol. The second kappa shape index (κ2) is 14.5. The van der Waals surface area contributed by atoms with Crippen molar-refractivity contribution in [3.05, 3.63) is 36.0 Å². The van der Waals surface area contributed by atoms with Crippen molar-refractivity contribution in [3.63, 3.8) is 0 Å². The first-order valence-electron chi connectivity index (χ1n) is 10.6. The van der Waals surface area contributed by atoms with Crippen molar-refractivity contribution in [2.75, 3.05) is 0 Å². The van der Waals surface area contributed by atoms with E-state index in [-0.39, 0.29) is 0 Å². The van der Waals surface area contributed by atoms with Crippen molar-refractivity contribution in [2.45, 2.75) is 110 Å². The van der Waals surface area contributed by atoms with Crippen LogP contribution in [-0.4, -0.2) is 4.98 Å². The lowest BCUT2D eigenvalue weighted by Gasteiger charge is -2.09. The first-order valence-corrected chi connectivity index (χ1v) is 10.6. The van der Waals surface area contributed by atoms with E-state index >= 15 is 0 Å². The molecule has 0 fully saturated rings. The Morgan fingerprint density at radius 3 is 1.62 bits per heavy atom. The van der Waals surface area contributed by atoms with Crippen LogP contribution in [0, 0.1) is 6.92 Å². The molecule has 0 aromatic carbocycles. The Hall–Kier alpha value is -0.850. The van der Waals surface area contributed by atoms with E-state index in [1.54, 1.807) is 0 Å². The molecule has 1 aromatic heterocycles. The average Bonchev–Trinajstić information content (AvgIpc) is 2.59. The summed E-state index contributed by atoms with van der Waals surface area (Å²) >= 11 is 0. The molecular formula is C23H40N. The normalized spacial score (nSPS) is 11.1. The van der Waals surface area contributed by atoms with Gasteiger partial charge in [-0.2, -0.15) is 0 Å². The van der Waals surface area contributed by atoms with Crippen LogP contribution in [0.4, 0.5) is 0 Å². The van der Waals surface area contributed by atoms with Gasteiger partial charge in [-0.1, -0.05) is 78.6 Å². The van der Waals surface area contributed by atoms with Gasteiger partial charge < -0.3 is 0 Å². The lowest BCUT2D eigenvalue weighted by Crippen LogP contribution is -2.00. The van der Waals surface area contributed by atoms with Crippen LogP contribution in [0.2, 0.25) is 0 Å². The Balaban J connectivity index is 2.52. The molecule has 1 radical (unpaired) electrons. The molecule has 24 heavy (non-hydrogen) atoms. The fourth-order valence-electron chi connectivity index (χ4n) is 3.27. The van der Waals surface area contributed by atoms with Gasteiger partial charge in [0.05, 0.1) is 0 Å². The molecule has 1 nitrogen and oxygen atoms in total. The van der Waals surface area contributed by atoms with Gasteiger partial charge in [0.15, 0.2) is 0 Å². The third-order valence-corrected chi connectivity index (χ3v) is 4.78. The second-order valence-corrected chi connectivity index (χ2v) is 7.24. The molecule has 1 heteroatoms. The molecule has 0 aliphatic heterocycles. The lowest BCUT2D eigenvalue weighted by atomic mass is 10.0. The van der Waals surface area contributed by atoms with Crippen molar-refractivity contribution in [3.8, 4) is 0 Å². The SMILES string of the molecule is [CH2]CCCc1cc(CCCCCCC)nc(CCCCCCC)c1. The Labute approximate surface area is 151 Å². The average molecular weight is 331 g/mol. The van der Waals surface area contributed by atoms with E-state index in [0.29, 0.717) is 0 Å². The minimum Gasteiger partial charge on any atom is -0.258 e. The van der Waals surface area contributed by atoms with Crippen molar-refractivity contribution in [2.24, 2.45) is 0 Å². The van der Waals surface area contributed by atoms with Crippen molar-refractivity contribution < 1.29 is 0 Å². The number of hydrogen-bond acceptors (Lipinski definition) is 1. The molecule has 0 aliphatic carbocycles. The van der Waals surface area contributed by atoms with Gasteiger partial charge in [-0.25, -0.2) is 0 Å². The molecule has 0 bridgehead atoms. The number of unbranched alkanes of at least 4 members (excludes halogenated alkanes) is 9. The fraction of sp³-hybridized carbons (Fsp3) is 0.739. The zero-order valence-corrected chi connectivity index (χ0v) is 16.4. The Kier molecular flexibility index (Phi) is 12.8. The van der Waals surface area contributed by atoms with Crippen LogP contribution in [0.15, 0.2) is 12.1 Å². The van der Waals surface area contributed by atoms with E-state index in [0.717, 1.165) is 25.7 Å². The summed E-state index contributed by atoms with van der Waals surface area (Å²) in [4.78, 5) is 4.96. The van der Waals surface area contributed by atoms with Crippen LogP contribution in [0.25, 0.3) is 0 Å². The molecule has 1 rings (SSSR count). The van der Waals surface area contributed by atoms with Crippen LogP contribution in [0.1, 0.15) is 108 Å². The van der Waals surface area contributed by atoms with Gasteiger partial charge >= 0.3 is 0 Å². The van der Waals surface area contributed by atoms with Gasteiger partial charge in [-0.05, 0) is 56.2 Å². The summed E-state index contributed by atoms with van der Waals surface area (Å²) in [6, 6.07) is 4.71. The summed E-state index contributed by atoms with van der Waals surface area (Å²) in [5.41, 5.74) is 4.15. The number of aryl methyl sites for hydroxylation is 3. The Morgan fingerprint density at radius 2 is 1.17 bits per heavy atom. The third kappa shape index (κ3) is 10.1. The van der Waals surface area contributed by atoms with Crippen molar-refractivity contribution in [1.82, 2.24) is 4.98 Å². The van der Waals surface area contributed by atoms with E-state index in [4.69, 9.17) is 4.98 Å². The quantitative estimate of drug-likeness (QED) is 0.308. The van der Waals surface area contributed by atoms with Crippen LogP contribution in [0.5, 0.6) is 0 Å². The van der Waals surface area contributed by atoms with Gasteiger partial charge in [-0.15, -0.1) is 0 Å². The van der Waals surface area contributed by atoms with E-state index in [1.807, 2.05) is 0 Å². The molecule has 0 atom stereocenters. The zero-order valence-electron chi connectivity index (χ0n) is 16.4. The molecule has 0 N–H and O–H groups in total. The second-order valence-electron chi connectivity index (χ2n) is 7.24. The molecule has 0 amide bonds. The highest BCUT2D eigenvalue weighted by Crippen LogP contribution is 2.15. The smallest absolute Gasteiger partial charge is 0.0409 e. The first kappa shape index (κ1) is 21.2. The minimum atomic E-state index is 1.03. The Morgan fingerprint density at radius 1 is 0.667 bits per heavy atom. The fourth-order valence-corrected chi connectivity index (χ4v) is 3.27. The standard InChI is InChI=1S/C23H40N/c1-4-7-10-12-14-17-22-19-21(16-9-6-3)20-23(24-22)18-15-13-11-8-5-2/h19-20H,3-18H2,1-2H3. The summed E-state index contributed by atoms with van der Waals surface area (Å²) in [5, 5.41) is 0. The number of pyridine rings is 1. The monoisotopic (exact) mass is 330 g/mol. The maximum atomic E-state index is 4.96. The summed E-state index contributed by atoms with van der Waals surface area (Å²) in [6.07, 6.45) is 19.1. The van der Waals surface area contributed by atoms with Crippen LogP contribution >= 0.6 is 0 Å². The number of nitrogens with zero attached hydrogens (tertiary/aromatic N) is 1. The zero-order chi connectivity index (χ0) is 17.5. The molecule has 0 spiro atoms. The predicted octanol–water partition coefficient (Wildman–Crippen LogP) is 7.26.